The van der Waals surface area contributed by atoms with Gasteiger partial charge in [0.15, 0.2) is 0 Å². The molecule has 28 heavy (non-hydrogen) atoms. The van der Waals surface area contributed by atoms with Gasteiger partial charge in [0.2, 0.25) is 10.0 Å². The number of nitrogens with zero attached hydrogens (tertiary/aromatic N) is 3. The van der Waals surface area contributed by atoms with Crippen LogP contribution in [0.5, 0.6) is 0 Å². The van der Waals surface area contributed by atoms with E-state index in [0.29, 0.717) is 25.2 Å². The average molecular weight is 426 g/mol. The molecule has 0 radical (unpaired) electrons. The van der Waals surface area contributed by atoms with Gasteiger partial charge in [0.25, 0.3) is 5.91 Å². The molecule has 0 atom stereocenters. The van der Waals surface area contributed by atoms with Crippen LogP contribution < -0.4 is 17.7 Å². The maximum absolute atomic E-state index is 12.9. The fourth-order valence-electron chi connectivity index (χ4n) is 3.21. The van der Waals surface area contributed by atoms with Crippen LogP contribution in [0.1, 0.15) is 42.5 Å². The van der Waals surface area contributed by atoms with Crippen molar-refractivity contribution >= 4 is 15.9 Å². The van der Waals surface area contributed by atoms with Crippen molar-refractivity contribution in [3.63, 3.8) is 0 Å². The predicted molar refractivity (Wildman–Crippen MR) is 103 cm³/mol. The maximum Gasteiger partial charge on any atom is 0.251 e. The van der Waals surface area contributed by atoms with Gasteiger partial charge in [0, 0.05) is 44.1 Å². The number of aromatic nitrogens is 2. The Balaban J connectivity index is 0.00000280. The number of hydrogen-bond acceptors (Lipinski definition) is 4. The summed E-state index contributed by atoms with van der Waals surface area (Å²) in [6.07, 6.45) is 9.99. The van der Waals surface area contributed by atoms with Crippen molar-refractivity contribution in [2.45, 2.75) is 43.5 Å². The molecule has 1 amide bonds. The summed E-state index contributed by atoms with van der Waals surface area (Å²) >= 11 is 0. The van der Waals surface area contributed by atoms with Gasteiger partial charge in [-0.05, 0) is 37.5 Å². The molecule has 1 aromatic carbocycles. The van der Waals surface area contributed by atoms with Gasteiger partial charge in [-0.2, -0.15) is 4.31 Å². The molecule has 2 heterocycles. The van der Waals surface area contributed by atoms with Crippen LogP contribution in [0.2, 0.25) is 0 Å². The minimum Gasteiger partial charge on any atom is -1.00 e. The van der Waals surface area contributed by atoms with Crippen LogP contribution in [0, 0.1) is 0 Å². The van der Waals surface area contributed by atoms with E-state index in [2.05, 4.69) is 10.3 Å². The van der Waals surface area contributed by atoms with Crippen molar-refractivity contribution in [2.75, 3.05) is 19.6 Å². The van der Waals surface area contributed by atoms with E-state index in [1.54, 1.807) is 35.0 Å². The second kappa shape index (κ2) is 10.6. The summed E-state index contributed by atoms with van der Waals surface area (Å²) in [5, 5.41) is 2.85. The molecule has 1 aromatic heterocycles. The summed E-state index contributed by atoms with van der Waals surface area (Å²) in [6.45, 7) is 2.38. The van der Waals surface area contributed by atoms with E-state index in [9.17, 15) is 13.2 Å². The highest BCUT2D eigenvalue weighted by molar-refractivity contribution is 7.89. The molecule has 1 fully saturated rings. The van der Waals surface area contributed by atoms with Crippen molar-refractivity contribution in [3.05, 3.63) is 48.5 Å². The lowest BCUT2D eigenvalue weighted by molar-refractivity contribution is -0.0000165. The summed E-state index contributed by atoms with van der Waals surface area (Å²) in [4.78, 5) is 16.5. The van der Waals surface area contributed by atoms with Crippen molar-refractivity contribution in [2.24, 2.45) is 0 Å². The highest BCUT2D eigenvalue weighted by Gasteiger charge is 2.25. The van der Waals surface area contributed by atoms with E-state index in [-0.39, 0.29) is 23.2 Å². The average Bonchev–Trinajstić information content (AvgIpc) is 3.04. The van der Waals surface area contributed by atoms with E-state index in [0.717, 1.165) is 38.6 Å². The lowest BCUT2D eigenvalue weighted by atomic mass is 10.2. The van der Waals surface area contributed by atoms with E-state index in [4.69, 9.17) is 0 Å². The largest absolute Gasteiger partial charge is 1.00 e. The number of carbonyl (C=O) groups excluding carboxylic acids is 1. The first-order valence-corrected chi connectivity index (χ1v) is 10.9. The monoisotopic (exact) mass is 425 g/mol. The zero-order valence-electron chi connectivity index (χ0n) is 15.8. The van der Waals surface area contributed by atoms with Gasteiger partial charge in [0.05, 0.1) is 11.2 Å². The van der Waals surface area contributed by atoms with Crippen LogP contribution in [0.4, 0.5) is 0 Å². The number of hydrogen-bond donors (Lipinski definition) is 1. The third-order valence-electron chi connectivity index (χ3n) is 4.74. The molecular formula is C19H26ClN4O3S-. The third-order valence-corrected chi connectivity index (χ3v) is 6.63. The van der Waals surface area contributed by atoms with Crippen molar-refractivity contribution < 1.29 is 25.6 Å². The lowest BCUT2D eigenvalue weighted by Crippen LogP contribution is -3.00. The SMILES string of the molecule is O=C(NCCCn1ccnc1)c1cccc(S(=O)(=O)N2CCCCCC2)c1.[Cl-]. The topological polar surface area (TPSA) is 84.3 Å². The zero-order valence-corrected chi connectivity index (χ0v) is 17.3. The fraction of sp³-hybridized carbons (Fsp3) is 0.474. The van der Waals surface area contributed by atoms with E-state index in [1.807, 2.05) is 10.8 Å². The van der Waals surface area contributed by atoms with Crippen molar-refractivity contribution in [1.29, 1.82) is 0 Å². The van der Waals surface area contributed by atoms with E-state index < -0.39 is 10.0 Å². The molecule has 0 saturated carbocycles. The quantitative estimate of drug-likeness (QED) is 0.593. The zero-order chi connectivity index (χ0) is 19.1. The minimum absolute atomic E-state index is 0. The standard InChI is InChI=1S/C19H26N4O3S.ClH/c24-19(21-9-6-11-22-14-10-20-16-22)17-7-5-8-18(15-17)27(25,26)23-12-3-1-2-4-13-23;/h5,7-8,10,14-16H,1-4,6,9,11-13H2,(H,21,24);1H/p-1. The second-order valence-electron chi connectivity index (χ2n) is 6.76. The van der Waals surface area contributed by atoms with E-state index >= 15 is 0 Å². The fourth-order valence-corrected chi connectivity index (χ4v) is 4.78. The Morgan fingerprint density at radius 3 is 2.57 bits per heavy atom. The van der Waals surface area contributed by atoms with E-state index in [1.165, 1.54) is 6.07 Å². The molecule has 154 valence electrons. The first-order chi connectivity index (χ1) is 13.1. The first kappa shape index (κ1) is 22.4. The summed E-state index contributed by atoms with van der Waals surface area (Å²) in [5.74, 6) is -0.256. The molecule has 0 bridgehead atoms. The molecule has 1 saturated heterocycles. The normalized spacial score (nSPS) is 15.4. The van der Waals surface area contributed by atoms with Crippen molar-refractivity contribution in [3.8, 4) is 0 Å². The summed E-state index contributed by atoms with van der Waals surface area (Å²) in [6, 6.07) is 6.32. The number of rotatable bonds is 7. The Hall–Kier alpha value is -1.90. The Bertz CT molecular complexity index is 848. The Morgan fingerprint density at radius 2 is 1.89 bits per heavy atom. The highest BCUT2D eigenvalue weighted by Crippen LogP contribution is 2.21. The maximum atomic E-state index is 12.9. The minimum atomic E-state index is -3.55. The molecule has 0 spiro atoms. The molecule has 1 aliphatic rings. The predicted octanol–water partition coefficient (Wildman–Crippen LogP) is -0.728. The van der Waals surface area contributed by atoms with Crippen LogP contribution in [0.25, 0.3) is 0 Å². The Kier molecular flexibility index (Phi) is 8.47. The molecule has 0 aliphatic carbocycles. The molecular weight excluding hydrogens is 400 g/mol. The Morgan fingerprint density at radius 1 is 1.14 bits per heavy atom. The Labute approximate surface area is 172 Å². The van der Waals surface area contributed by atoms with Crippen molar-refractivity contribution in [1.82, 2.24) is 19.2 Å². The number of imidazole rings is 1. The highest BCUT2D eigenvalue weighted by atomic mass is 35.5. The first-order valence-electron chi connectivity index (χ1n) is 9.41. The third kappa shape index (κ3) is 5.80. The second-order valence-corrected chi connectivity index (χ2v) is 8.69. The number of carbonyl (C=O) groups is 1. The van der Waals surface area contributed by atoms with Crippen LogP contribution >= 0.6 is 0 Å². The van der Waals surface area contributed by atoms with Gasteiger partial charge in [-0.15, -0.1) is 0 Å². The molecule has 1 aliphatic heterocycles. The molecule has 9 heteroatoms. The van der Waals surface area contributed by atoms with Crippen LogP contribution in [-0.2, 0) is 16.6 Å². The van der Waals surface area contributed by atoms with Gasteiger partial charge >= 0.3 is 0 Å². The van der Waals surface area contributed by atoms with Crippen LogP contribution in [0.15, 0.2) is 47.9 Å². The van der Waals surface area contributed by atoms with Gasteiger partial charge in [0.1, 0.15) is 0 Å². The summed E-state index contributed by atoms with van der Waals surface area (Å²) in [7, 11) is -3.55. The molecule has 7 nitrogen and oxygen atoms in total. The lowest BCUT2D eigenvalue weighted by Gasteiger charge is -2.20. The van der Waals surface area contributed by atoms with Gasteiger partial charge in [-0.3, -0.25) is 4.79 Å². The van der Waals surface area contributed by atoms with Gasteiger partial charge in [-0.1, -0.05) is 18.9 Å². The number of benzene rings is 1. The van der Waals surface area contributed by atoms with Gasteiger partial charge < -0.3 is 22.3 Å². The molecule has 3 rings (SSSR count). The number of sulfonamides is 1. The van der Waals surface area contributed by atoms with Crippen LogP contribution in [0.3, 0.4) is 0 Å². The number of amides is 1. The number of aryl methyl sites for hydroxylation is 1. The molecule has 1 N–H and O–H groups in total. The number of nitrogens with one attached hydrogen (secondary N) is 1. The summed E-state index contributed by atoms with van der Waals surface area (Å²) in [5.41, 5.74) is 0.369. The molecule has 0 unspecified atom stereocenters. The number of halogens is 1. The smallest absolute Gasteiger partial charge is 0.251 e. The van der Waals surface area contributed by atoms with Gasteiger partial charge in [-0.25, -0.2) is 13.4 Å². The molecule has 2 aromatic rings. The summed E-state index contributed by atoms with van der Waals surface area (Å²) < 4.78 is 29.3. The van der Waals surface area contributed by atoms with Crippen LogP contribution in [-0.4, -0.2) is 47.8 Å².